The molecule has 0 amide bonds. The van der Waals surface area contributed by atoms with E-state index in [0.29, 0.717) is 11.0 Å². The molecule has 1 rings (SSSR count). The number of aryl methyl sites for hydroxylation is 2. The second-order valence-electron chi connectivity index (χ2n) is 3.58. The van der Waals surface area contributed by atoms with Gasteiger partial charge < -0.3 is 9.26 Å². The first-order valence-electron chi connectivity index (χ1n) is 4.92. The molecule has 0 aliphatic heterocycles. The fourth-order valence-electron chi connectivity index (χ4n) is 1.45. The average molecular weight is 327 g/mol. The van der Waals surface area contributed by atoms with E-state index in [9.17, 15) is 8.42 Å². The first kappa shape index (κ1) is 14.6. The number of nitrogens with one attached hydrogen (secondary N) is 1. The Bertz CT molecular complexity index is 452. The number of methoxy groups -OCH3 is 1. The summed E-state index contributed by atoms with van der Waals surface area (Å²) >= 11 is 3.22. The molecule has 6 nitrogen and oxygen atoms in total. The second-order valence-corrected chi connectivity index (χ2v) is 5.88. The maximum absolute atomic E-state index is 12.1. The highest BCUT2D eigenvalue weighted by molar-refractivity contribution is 9.09. The van der Waals surface area contributed by atoms with Gasteiger partial charge in [0.15, 0.2) is 5.76 Å². The zero-order valence-electron chi connectivity index (χ0n) is 9.86. The zero-order valence-corrected chi connectivity index (χ0v) is 12.3. The van der Waals surface area contributed by atoms with Gasteiger partial charge >= 0.3 is 0 Å². The Morgan fingerprint density at radius 1 is 1.53 bits per heavy atom. The van der Waals surface area contributed by atoms with E-state index < -0.39 is 10.0 Å². The molecule has 0 aliphatic rings. The van der Waals surface area contributed by atoms with Crippen molar-refractivity contribution in [2.45, 2.75) is 24.8 Å². The number of hydrogen-bond donors (Lipinski definition) is 1. The van der Waals surface area contributed by atoms with Crippen molar-refractivity contribution < 1.29 is 17.7 Å². The molecular weight excluding hydrogens is 312 g/mol. The van der Waals surface area contributed by atoms with Crippen molar-refractivity contribution in [3.8, 4) is 0 Å². The molecule has 0 radical (unpaired) electrons. The molecule has 0 aromatic carbocycles. The molecular formula is C9H15BrN2O4S. The fraction of sp³-hybridized carbons (Fsp3) is 0.667. The van der Waals surface area contributed by atoms with Crippen molar-refractivity contribution in [3.63, 3.8) is 0 Å². The smallest absolute Gasteiger partial charge is 0.246 e. The molecule has 1 N–H and O–H groups in total. The van der Waals surface area contributed by atoms with Gasteiger partial charge in [-0.3, -0.25) is 0 Å². The molecule has 0 spiro atoms. The van der Waals surface area contributed by atoms with Crippen LogP contribution in [0.15, 0.2) is 9.42 Å². The van der Waals surface area contributed by atoms with Crippen molar-refractivity contribution in [1.82, 2.24) is 9.88 Å². The topological polar surface area (TPSA) is 81.4 Å². The van der Waals surface area contributed by atoms with E-state index in [1.54, 1.807) is 13.8 Å². The van der Waals surface area contributed by atoms with Gasteiger partial charge in [-0.2, -0.15) is 0 Å². The number of sulfonamides is 1. The highest BCUT2D eigenvalue weighted by atomic mass is 79.9. The van der Waals surface area contributed by atoms with Gasteiger partial charge in [0.1, 0.15) is 10.6 Å². The van der Waals surface area contributed by atoms with Crippen molar-refractivity contribution >= 4 is 26.0 Å². The van der Waals surface area contributed by atoms with Gasteiger partial charge in [0, 0.05) is 12.4 Å². The van der Waals surface area contributed by atoms with Crippen LogP contribution >= 0.6 is 15.9 Å². The Labute approximate surface area is 109 Å². The third-order valence-corrected chi connectivity index (χ3v) is 4.66. The van der Waals surface area contributed by atoms with Crippen LogP contribution in [0.5, 0.6) is 0 Å². The molecule has 0 aliphatic carbocycles. The normalized spacial score (nSPS) is 13.9. The van der Waals surface area contributed by atoms with E-state index in [2.05, 4.69) is 25.8 Å². The van der Waals surface area contributed by atoms with Crippen LogP contribution in [-0.4, -0.2) is 38.7 Å². The highest BCUT2D eigenvalue weighted by Crippen LogP contribution is 2.19. The lowest BCUT2D eigenvalue weighted by molar-refractivity contribution is 0.182. The fourth-order valence-corrected chi connectivity index (χ4v) is 3.56. The third-order valence-electron chi connectivity index (χ3n) is 2.11. The summed E-state index contributed by atoms with van der Waals surface area (Å²) < 4.78 is 36.5. The zero-order chi connectivity index (χ0) is 13.1. The number of hydrogen-bond acceptors (Lipinski definition) is 5. The van der Waals surface area contributed by atoms with Gasteiger partial charge in [-0.05, 0) is 13.8 Å². The molecule has 1 atom stereocenters. The molecule has 8 heteroatoms. The lowest BCUT2D eigenvalue weighted by atomic mass is 10.4. The second kappa shape index (κ2) is 5.94. The Hall–Kier alpha value is -0.440. The molecule has 98 valence electrons. The minimum absolute atomic E-state index is 0.0968. The quantitative estimate of drug-likeness (QED) is 0.788. The number of rotatable bonds is 6. The van der Waals surface area contributed by atoms with Crippen LogP contribution in [0.1, 0.15) is 11.5 Å². The number of halogens is 1. The summed E-state index contributed by atoms with van der Waals surface area (Å²) in [5, 5.41) is 4.09. The first-order valence-corrected chi connectivity index (χ1v) is 7.53. The minimum atomic E-state index is -3.63. The molecule has 1 unspecified atom stereocenters. The minimum Gasteiger partial charge on any atom is -0.383 e. The van der Waals surface area contributed by atoms with Crippen molar-refractivity contribution in [2.75, 3.05) is 19.0 Å². The summed E-state index contributed by atoms with van der Waals surface area (Å²) in [7, 11) is -2.11. The van der Waals surface area contributed by atoms with Gasteiger partial charge in [-0.25, -0.2) is 13.1 Å². The van der Waals surface area contributed by atoms with Crippen molar-refractivity contribution in [3.05, 3.63) is 11.5 Å². The monoisotopic (exact) mass is 326 g/mol. The predicted octanol–water partition coefficient (Wildman–Crippen LogP) is 0.980. The standard InChI is InChI=1S/C9H15BrN2O4S/c1-6-9(7(2)16-11-6)17(13,14)12-8(4-10)5-15-3/h8,12H,4-5H2,1-3H3. The van der Waals surface area contributed by atoms with E-state index in [1.807, 2.05) is 0 Å². The predicted molar refractivity (Wildman–Crippen MR) is 65.8 cm³/mol. The van der Waals surface area contributed by atoms with Gasteiger partial charge in [0.2, 0.25) is 10.0 Å². The number of aromatic nitrogens is 1. The molecule has 1 heterocycles. The van der Waals surface area contributed by atoms with Crippen molar-refractivity contribution in [2.24, 2.45) is 0 Å². The van der Waals surface area contributed by atoms with Crippen LogP contribution in [0.4, 0.5) is 0 Å². The third kappa shape index (κ3) is 3.51. The number of alkyl halides is 1. The van der Waals surface area contributed by atoms with Gasteiger partial charge in [-0.15, -0.1) is 0 Å². The van der Waals surface area contributed by atoms with Crippen LogP contribution in [0.3, 0.4) is 0 Å². The number of nitrogens with zero attached hydrogens (tertiary/aromatic N) is 1. The van der Waals surface area contributed by atoms with E-state index in [1.165, 1.54) is 7.11 Å². The number of ether oxygens (including phenoxy) is 1. The first-order chi connectivity index (χ1) is 7.92. The molecule has 0 saturated heterocycles. The van der Waals surface area contributed by atoms with Crippen LogP contribution < -0.4 is 4.72 Å². The summed E-state index contributed by atoms with van der Waals surface area (Å²) in [6.45, 7) is 3.44. The van der Waals surface area contributed by atoms with E-state index >= 15 is 0 Å². The Kier molecular flexibility index (Phi) is 5.11. The Morgan fingerprint density at radius 2 is 2.18 bits per heavy atom. The molecule has 0 fully saturated rings. The molecule has 17 heavy (non-hydrogen) atoms. The maximum atomic E-state index is 12.1. The summed E-state index contributed by atoms with van der Waals surface area (Å²) in [4.78, 5) is 0.0968. The SMILES string of the molecule is COCC(CBr)NS(=O)(=O)c1c(C)noc1C. The molecule has 0 saturated carbocycles. The maximum Gasteiger partial charge on any atom is 0.246 e. The summed E-state index contributed by atoms with van der Waals surface area (Å²) in [5.74, 6) is 0.278. The molecule has 1 aromatic rings. The van der Waals surface area contributed by atoms with E-state index in [-0.39, 0.29) is 23.3 Å². The van der Waals surface area contributed by atoms with Gasteiger partial charge in [0.05, 0.1) is 12.6 Å². The van der Waals surface area contributed by atoms with Crippen LogP contribution in [0.25, 0.3) is 0 Å². The molecule has 0 bridgehead atoms. The van der Waals surface area contributed by atoms with Gasteiger partial charge in [0.25, 0.3) is 0 Å². The summed E-state index contributed by atoms with van der Waals surface area (Å²) in [6, 6.07) is -0.335. The average Bonchev–Trinajstić information content (AvgIpc) is 2.58. The molecule has 1 aromatic heterocycles. The summed E-state index contributed by atoms with van der Waals surface area (Å²) in [5.41, 5.74) is 0.348. The van der Waals surface area contributed by atoms with Crippen LogP contribution in [0.2, 0.25) is 0 Å². The van der Waals surface area contributed by atoms with Crippen molar-refractivity contribution in [1.29, 1.82) is 0 Å². The van der Waals surface area contributed by atoms with E-state index in [0.717, 1.165) is 0 Å². The lowest BCUT2D eigenvalue weighted by Crippen LogP contribution is -2.39. The Morgan fingerprint density at radius 3 is 2.59 bits per heavy atom. The lowest BCUT2D eigenvalue weighted by Gasteiger charge is -2.14. The highest BCUT2D eigenvalue weighted by Gasteiger charge is 2.26. The Balaban J connectivity index is 2.96. The largest absolute Gasteiger partial charge is 0.383 e. The van der Waals surface area contributed by atoms with Crippen LogP contribution in [0, 0.1) is 13.8 Å². The van der Waals surface area contributed by atoms with E-state index in [4.69, 9.17) is 9.26 Å². The van der Waals surface area contributed by atoms with Crippen LogP contribution in [-0.2, 0) is 14.8 Å². The van der Waals surface area contributed by atoms with Gasteiger partial charge in [-0.1, -0.05) is 21.1 Å². The summed E-state index contributed by atoms with van der Waals surface area (Å²) in [6.07, 6.45) is 0.